The minimum atomic E-state index is -3.73. The average molecular weight is 300 g/mol. The van der Waals surface area contributed by atoms with Crippen molar-refractivity contribution in [1.29, 1.82) is 0 Å². The van der Waals surface area contributed by atoms with Gasteiger partial charge < -0.3 is 15.6 Å². The fourth-order valence-corrected chi connectivity index (χ4v) is 3.57. The van der Waals surface area contributed by atoms with Gasteiger partial charge in [-0.2, -0.15) is 4.31 Å². The predicted octanol–water partition coefficient (Wildman–Crippen LogP) is -1.37. The number of aryl methyl sites for hydroxylation is 1. The summed E-state index contributed by atoms with van der Waals surface area (Å²) >= 11 is 0. The molecular formula is C11H16N4O4S. The molecule has 1 aromatic rings. The molecule has 0 aliphatic carbocycles. The SMILES string of the molecule is Cn1cc(S(=O)(=O)N2CCNC(=O)CC2)cc1C(N)=O. The van der Waals surface area contributed by atoms with E-state index in [2.05, 4.69) is 5.32 Å². The summed E-state index contributed by atoms with van der Waals surface area (Å²) in [5.41, 5.74) is 5.29. The van der Waals surface area contributed by atoms with E-state index < -0.39 is 15.9 Å². The van der Waals surface area contributed by atoms with Crippen molar-refractivity contribution in [1.82, 2.24) is 14.2 Å². The summed E-state index contributed by atoms with van der Waals surface area (Å²) in [6.07, 6.45) is 1.46. The Kier molecular flexibility index (Phi) is 3.82. The lowest BCUT2D eigenvalue weighted by molar-refractivity contribution is -0.120. The fraction of sp³-hybridized carbons (Fsp3) is 0.455. The van der Waals surface area contributed by atoms with Crippen LogP contribution in [-0.4, -0.2) is 48.7 Å². The Morgan fingerprint density at radius 1 is 1.40 bits per heavy atom. The van der Waals surface area contributed by atoms with Gasteiger partial charge in [0.15, 0.2) is 0 Å². The molecule has 0 bridgehead atoms. The quantitative estimate of drug-likeness (QED) is 0.717. The minimum absolute atomic E-state index is 0.00292. The average Bonchev–Trinajstić information content (AvgIpc) is 2.62. The van der Waals surface area contributed by atoms with Gasteiger partial charge in [0.05, 0.1) is 0 Å². The molecule has 110 valence electrons. The van der Waals surface area contributed by atoms with Crippen molar-refractivity contribution >= 4 is 21.8 Å². The highest BCUT2D eigenvalue weighted by atomic mass is 32.2. The number of rotatable bonds is 3. The van der Waals surface area contributed by atoms with E-state index in [0.29, 0.717) is 0 Å². The molecule has 2 rings (SSSR count). The van der Waals surface area contributed by atoms with Crippen LogP contribution < -0.4 is 11.1 Å². The van der Waals surface area contributed by atoms with Crippen LogP contribution in [0.5, 0.6) is 0 Å². The van der Waals surface area contributed by atoms with Crippen molar-refractivity contribution in [3.8, 4) is 0 Å². The van der Waals surface area contributed by atoms with E-state index in [0.717, 1.165) is 0 Å². The molecule has 1 saturated heterocycles. The Hall–Kier alpha value is -1.87. The van der Waals surface area contributed by atoms with Crippen LogP contribution >= 0.6 is 0 Å². The number of nitrogens with zero attached hydrogens (tertiary/aromatic N) is 2. The maximum Gasteiger partial charge on any atom is 0.265 e. The van der Waals surface area contributed by atoms with Crippen molar-refractivity contribution in [3.05, 3.63) is 18.0 Å². The number of hydrogen-bond donors (Lipinski definition) is 2. The first-order valence-electron chi connectivity index (χ1n) is 6.05. The summed E-state index contributed by atoms with van der Waals surface area (Å²) in [5, 5.41) is 2.61. The summed E-state index contributed by atoms with van der Waals surface area (Å²) in [6.45, 7) is 0.595. The van der Waals surface area contributed by atoms with E-state index in [1.807, 2.05) is 0 Å². The number of aromatic nitrogens is 1. The number of sulfonamides is 1. The third-order valence-corrected chi connectivity index (χ3v) is 5.01. The monoisotopic (exact) mass is 300 g/mol. The fourth-order valence-electron chi connectivity index (χ4n) is 2.06. The second-order valence-electron chi connectivity index (χ2n) is 4.54. The molecule has 3 N–H and O–H groups in total. The van der Waals surface area contributed by atoms with Crippen LogP contribution in [0.1, 0.15) is 16.9 Å². The highest BCUT2D eigenvalue weighted by Crippen LogP contribution is 2.19. The van der Waals surface area contributed by atoms with Gasteiger partial charge in [-0.3, -0.25) is 9.59 Å². The van der Waals surface area contributed by atoms with Crippen LogP contribution in [-0.2, 0) is 21.9 Å². The normalized spacial score (nSPS) is 17.6. The number of carbonyl (C=O) groups is 2. The van der Waals surface area contributed by atoms with Crippen LogP contribution in [0.15, 0.2) is 17.2 Å². The van der Waals surface area contributed by atoms with Crippen LogP contribution in [0.2, 0.25) is 0 Å². The molecule has 0 saturated carbocycles. The second-order valence-corrected chi connectivity index (χ2v) is 6.48. The number of carbonyl (C=O) groups excluding carboxylic acids is 2. The number of nitrogens with two attached hydrogens (primary N) is 1. The van der Waals surface area contributed by atoms with Gasteiger partial charge in [0.2, 0.25) is 15.9 Å². The Balaban J connectivity index is 2.32. The van der Waals surface area contributed by atoms with Gasteiger partial charge >= 0.3 is 0 Å². The van der Waals surface area contributed by atoms with E-state index in [1.165, 1.54) is 21.1 Å². The first kappa shape index (κ1) is 14.5. The second kappa shape index (κ2) is 5.25. The van der Waals surface area contributed by atoms with E-state index in [9.17, 15) is 18.0 Å². The molecular weight excluding hydrogens is 284 g/mol. The molecule has 1 aromatic heterocycles. The molecule has 2 heterocycles. The van der Waals surface area contributed by atoms with Gasteiger partial charge in [0.25, 0.3) is 5.91 Å². The molecule has 0 aromatic carbocycles. The standard InChI is InChI=1S/C11H16N4O4S/c1-14-7-8(6-9(14)11(12)17)20(18,19)15-4-2-10(16)13-3-5-15/h6-7H,2-5H2,1H3,(H2,12,17)(H,13,16). The number of hydrogen-bond acceptors (Lipinski definition) is 4. The molecule has 1 aliphatic heterocycles. The smallest absolute Gasteiger partial charge is 0.265 e. The van der Waals surface area contributed by atoms with Crippen molar-refractivity contribution in [2.45, 2.75) is 11.3 Å². The van der Waals surface area contributed by atoms with Crippen LogP contribution in [0.3, 0.4) is 0 Å². The summed E-state index contributed by atoms with van der Waals surface area (Å²) in [7, 11) is -2.18. The maximum atomic E-state index is 12.5. The minimum Gasteiger partial charge on any atom is -0.364 e. The lowest BCUT2D eigenvalue weighted by atomic mass is 10.4. The van der Waals surface area contributed by atoms with Gasteiger partial charge in [-0.1, -0.05) is 0 Å². The predicted molar refractivity (Wildman–Crippen MR) is 70.3 cm³/mol. The van der Waals surface area contributed by atoms with E-state index in [-0.39, 0.29) is 42.6 Å². The molecule has 1 aliphatic rings. The lowest BCUT2D eigenvalue weighted by Gasteiger charge is -2.18. The summed E-state index contributed by atoms with van der Waals surface area (Å²) in [5.74, 6) is -0.866. The molecule has 0 atom stereocenters. The number of amides is 2. The Morgan fingerprint density at radius 3 is 2.70 bits per heavy atom. The largest absolute Gasteiger partial charge is 0.364 e. The molecule has 0 radical (unpaired) electrons. The third kappa shape index (κ3) is 2.68. The summed E-state index contributed by atoms with van der Waals surface area (Å²) < 4.78 is 27.5. The topological polar surface area (TPSA) is 114 Å². The van der Waals surface area contributed by atoms with Crippen LogP contribution in [0.25, 0.3) is 0 Å². The van der Waals surface area contributed by atoms with Gasteiger partial charge in [0, 0.05) is 39.3 Å². The molecule has 9 heteroatoms. The molecule has 2 amide bonds. The highest BCUT2D eigenvalue weighted by Gasteiger charge is 2.28. The molecule has 20 heavy (non-hydrogen) atoms. The first-order chi connectivity index (χ1) is 9.32. The zero-order chi connectivity index (χ0) is 14.9. The van der Waals surface area contributed by atoms with Crippen LogP contribution in [0, 0.1) is 0 Å². The Labute approximate surface area is 116 Å². The summed E-state index contributed by atoms with van der Waals surface area (Å²) in [4.78, 5) is 22.4. The van der Waals surface area contributed by atoms with Crippen LogP contribution in [0.4, 0.5) is 0 Å². The molecule has 0 spiro atoms. The third-order valence-electron chi connectivity index (χ3n) is 3.14. The van der Waals surface area contributed by atoms with Crippen molar-refractivity contribution < 1.29 is 18.0 Å². The van der Waals surface area contributed by atoms with Gasteiger partial charge in [-0.25, -0.2) is 8.42 Å². The molecule has 1 fully saturated rings. The van der Waals surface area contributed by atoms with Crippen molar-refractivity contribution in [2.75, 3.05) is 19.6 Å². The Morgan fingerprint density at radius 2 is 2.10 bits per heavy atom. The van der Waals surface area contributed by atoms with Gasteiger partial charge in [-0.15, -0.1) is 0 Å². The van der Waals surface area contributed by atoms with E-state index >= 15 is 0 Å². The molecule has 0 unspecified atom stereocenters. The van der Waals surface area contributed by atoms with Crippen molar-refractivity contribution in [3.63, 3.8) is 0 Å². The van der Waals surface area contributed by atoms with Gasteiger partial charge in [-0.05, 0) is 6.07 Å². The van der Waals surface area contributed by atoms with Gasteiger partial charge in [0.1, 0.15) is 10.6 Å². The zero-order valence-electron chi connectivity index (χ0n) is 11.0. The van der Waals surface area contributed by atoms with E-state index in [1.54, 1.807) is 7.05 Å². The Bertz CT molecular complexity index is 649. The zero-order valence-corrected chi connectivity index (χ0v) is 11.8. The lowest BCUT2D eigenvalue weighted by Crippen LogP contribution is -2.34. The number of nitrogens with one attached hydrogen (secondary N) is 1. The molecule has 8 nitrogen and oxygen atoms in total. The maximum absolute atomic E-state index is 12.5. The van der Waals surface area contributed by atoms with Crippen molar-refractivity contribution in [2.24, 2.45) is 12.8 Å². The summed E-state index contributed by atoms with van der Waals surface area (Å²) in [6, 6.07) is 1.25. The number of primary amides is 1. The highest BCUT2D eigenvalue weighted by molar-refractivity contribution is 7.89. The van der Waals surface area contributed by atoms with E-state index in [4.69, 9.17) is 5.73 Å². The first-order valence-corrected chi connectivity index (χ1v) is 7.49.